The number of hydrogen-bond acceptors (Lipinski definition) is 3. The molecular weight excluding hydrogens is 355 g/mol. The van der Waals surface area contributed by atoms with Gasteiger partial charge in [-0.3, -0.25) is 0 Å². The highest BCUT2D eigenvalue weighted by Gasteiger charge is 2.13. The quantitative estimate of drug-likeness (QED) is 0.472. The lowest BCUT2D eigenvalue weighted by molar-refractivity contribution is 0.628. The number of anilines is 1. The number of hydrogen-bond donors (Lipinski definition) is 3. The Morgan fingerprint density at radius 2 is 1.61 bits per heavy atom. The molecule has 2 heterocycles. The van der Waals surface area contributed by atoms with E-state index in [1.807, 2.05) is 30.3 Å². The van der Waals surface area contributed by atoms with Gasteiger partial charge in [0.2, 0.25) is 0 Å². The van der Waals surface area contributed by atoms with E-state index >= 15 is 0 Å². The second-order valence-corrected chi connectivity index (χ2v) is 6.54. The molecule has 0 saturated heterocycles. The molecule has 0 bridgehead atoms. The van der Waals surface area contributed by atoms with Crippen molar-refractivity contribution in [3.05, 3.63) is 94.8 Å². The predicted octanol–water partition coefficient (Wildman–Crippen LogP) is 4.74. The highest BCUT2D eigenvalue weighted by molar-refractivity contribution is 5.78. The fourth-order valence-corrected chi connectivity index (χ4v) is 3.14. The molecule has 0 aliphatic carbocycles. The first kappa shape index (κ1) is 17.7. The largest absolute Gasteiger partial charge is 0.364 e. The van der Waals surface area contributed by atoms with Gasteiger partial charge in [-0.25, -0.2) is 14.2 Å². The van der Waals surface area contributed by atoms with Crippen molar-refractivity contribution in [2.45, 2.75) is 13.0 Å². The minimum atomic E-state index is -0.325. The zero-order chi connectivity index (χ0) is 19.5. The molecule has 0 aliphatic heterocycles. The van der Waals surface area contributed by atoms with Crippen molar-refractivity contribution in [2.24, 2.45) is 0 Å². The molecule has 0 saturated carbocycles. The first-order chi connectivity index (χ1) is 13.6. The van der Waals surface area contributed by atoms with Crippen molar-refractivity contribution in [3.8, 4) is 22.5 Å². The molecule has 28 heavy (non-hydrogen) atoms. The van der Waals surface area contributed by atoms with Crippen LogP contribution in [-0.2, 0) is 0 Å². The molecule has 0 radical (unpaired) electrons. The fourth-order valence-electron chi connectivity index (χ4n) is 3.14. The molecule has 3 N–H and O–H groups in total. The van der Waals surface area contributed by atoms with Crippen molar-refractivity contribution >= 4 is 5.82 Å². The van der Waals surface area contributed by atoms with E-state index in [1.54, 1.807) is 18.3 Å². The maximum absolute atomic E-state index is 13.2. The Bertz CT molecular complexity index is 1130. The summed E-state index contributed by atoms with van der Waals surface area (Å²) in [6.07, 6.45) is 1.69. The van der Waals surface area contributed by atoms with E-state index in [0.717, 1.165) is 16.7 Å². The number of rotatable bonds is 5. The standard InChI is InChI=1S/C22H19FN4O/c1-14(15-5-3-2-4-6-15)25-19-13-17(11-12-24-19)21-20(26-22(28)27-21)16-7-9-18(23)10-8-16/h2-14H,1H3,(H,24,25)(H2,26,27,28). The van der Waals surface area contributed by atoms with Crippen LogP contribution in [0.5, 0.6) is 0 Å². The first-order valence-electron chi connectivity index (χ1n) is 8.96. The van der Waals surface area contributed by atoms with Gasteiger partial charge in [-0.1, -0.05) is 30.3 Å². The Morgan fingerprint density at radius 1 is 0.929 bits per heavy atom. The Kier molecular flexibility index (Phi) is 4.76. The average molecular weight is 374 g/mol. The van der Waals surface area contributed by atoms with Crippen LogP contribution in [0.2, 0.25) is 0 Å². The minimum absolute atomic E-state index is 0.0748. The molecule has 1 unspecified atom stereocenters. The number of halogens is 1. The van der Waals surface area contributed by atoms with Crippen LogP contribution in [0.1, 0.15) is 18.5 Å². The van der Waals surface area contributed by atoms with Crippen LogP contribution in [0.25, 0.3) is 22.5 Å². The average Bonchev–Trinajstić information content (AvgIpc) is 3.11. The van der Waals surface area contributed by atoms with E-state index in [-0.39, 0.29) is 17.5 Å². The van der Waals surface area contributed by atoms with Crippen molar-refractivity contribution in [1.29, 1.82) is 0 Å². The maximum Gasteiger partial charge on any atom is 0.323 e. The number of aromatic amines is 2. The van der Waals surface area contributed by atoms with E-state index in [0.29, 0.717) is 17.2 Å². The summed E-state index contributed by atoms with van der Waals surface area (Å²) in [4.78, 5) is 22.0. The second kappa shape index (κ2) is 7.52. The Labute approximate surface area is 161 Å². The molecule has 5 nitrogen and oxygen atoms in total. The maximum atomic E-state index is 13.2. The van der Waals surface area contributed by atoms with Crippen LogP contribution in [-0.4, -0.2) is 15.0 Å². The molecule has 2 aromatic carbocycles. The summed E-state index contributed by atoms with van der Waals surface area (Å²) in [5, 5.41) is 3.38. The van der Waals surface area contributed by atoms with Gasteiger partial charge < -0.3 is 15.3 Å². The van der Waals surface area contributed by atoms with Gasteiger partial charge in [-0.15, -0.1) is 0 Å². The van der Waals surface area contributed by atoms with E-state index in [2.05, 4.69) is 39.3 Å². The van der Waals surface area contributed by atoms with Crippen LogP contribution in [0.4, 0.5) is 10.2 Å². The molecule has 6 heteroatoms. The molecule has 140 valence electrons. The number of aromatic nitrogens is 3. The Morgan fingerprint density at radius 3 is 2.32 bits per heavy atom. The molecule has 4 aromatic rings. The number of nitrogens with zero attached hydrogens (tertiary/aromatic N) is 1. The molecule has 0 spiro atoms. The van der Waals surface area contributed by atoms with Crippen molar-refractivity contribution in [1.82, 2.24) is 15.0 Å². The highest BCUT2D eigenvalue weighted by Crippen LogP contribution is 2.29. The Hall–Kier alpha value is -3.67. The normalized spacial score (nSPS) is 11.9. The van der Waals surface area contributed by atoms with E-state index in [4.69, 9.17) is 0 Å². The first-order valence-corrected chi connectivity index (χ1v) is 8.96. The number of pyridine rings is 1. The number of H-pyrrole nitrogens is 2. The van der Waals surface area contributed by atoms with E-state index in [9.17, 15) is 9.18 Å². The number of imidazole rings is 1. The molecule has 2 aromatic heterocycles. The van der Waals surface area contributed by atoms with Crippen molar-refractivity contribution in [2.75, 3.05) is 5.32 Å². The van der Waals surface area contributed by atoms with E-state index < -0.39 is 0 Å². The van der Waals surface area contributed by atoms with Gasteiger partial charge in [0.1, 0.15) is 11.6 Å². The second-order valence-electron chi connectivity index (χ2n) is 6.54. The summed E-state index contributed by atoms with van der Waals surface area (Å²) in [5.74, 6) is 0.370. The van der Waals surface area contributed by atoms with Gasteiger partial charge in [0.15, 0.2) is 0 Å². The molecule has 1 atom stereocenters. The third-order valence-electron chi connectivity index (χ3n) is 4.57. The summed E-state index contributed by atoms with van der Waals surface area (Å²) in [5.41, 5.74) is 3.59. The van der Waals surface area contributed by atoms with Crippen molar-refractivity contribution < 1.29 is 4.39 Å². The lowest BCUT2D eigenvalue weighted by atomic mass is 10.1. The van der Waals surface area contributed by atoms with Crippen LogP contribution in [0, 0.1) is 5.82 Å². The van der Waals surface area contributed by atoms with Gasteiger partial charge in [-0.05, 0) is 48.9 Å². The number of nitrogens with one attached hydrogen (secondary N) is 3. The summed E-state index contributed by atoms with van der Waals surface area (Å²) < 4.78 is 13.2. The molecule has 4 rings (SSSR count). The molecule has 0 aliphatic rings. The predicted molar refractivity (Wildman–Crippen MR) is 109 cm³/mol. The van der Waals surface area contributed by atoms with Gasteiger partial charge in [0, 0.05) is 23.4 Å². The van der Waals surface area contributed by atoms with Crippen LogP contribution in [0.15, 0.2) is 77.7 Å². The fraction of sp³-hybridized carbons (Fsp3) is 0.0909. The summed E-state index contributed by atoms with van der Waals surface area (Å²) in [6, 6.07) is 19.9. The minimum Gasteiger partial charge on any atom is -0.364 e. The zero-order valence-corrected chi connectivity index (χ0v) is 15.2. The topological polar surface area (TPSA) is 73.6 Å². The van der Waals surface area contributed by atoms with Gasteiger partial charge >= 0.3 is 5.69 Å². The summed E-state index contributed by atoms with van der Waals surface area (Å²) in [6.45, 7) is 2.06. The van der Waals surface area contributed by atoms with Crippen LogP contribution < -0.4 is 11.0 Å². The lowest BCUT2D eigenvalue weighted by Gasteiger charge is -2.15. The van der Waals surface area contributed by atoms with Gasteiger partial charge in [0.25, 0.3) is 0 Å². The van der Waals surface area contributed by atoms with Gasteiger partial charge in [-0.2, -0.15) is 0 Å². The molecule has 0 fully saturated rings. The smallest absolute Gasteiger partial charge is 0.323 e. The Balaban J connectivity index is 1.67. The van der Waals surface area contributed by atoms with Crippen molar-refractivity contribution in [3.63, 3.8) is 0 Å². The molecular formula is C22H19FN4O. The number of benzene rings is 2. The lowest BCUT2D eigenvalue weighted by Crippen LogP contribution is -2.07. The van der Waals surface area contributed by atoms with E-state index in [1.165, 1.54) is 12.1 Å². The third kappa shape index (κ3) is 3.71. The summed E-state index contributed by atoms with van der Waals surface area (Å²) in [7, 11) is 0. The molecule has 0 amide bonds. The van der Waals surface area contributed by atoms with Crippen LogP contribution in [0.3, 0.4) is 0 Å². The summed E-state index contributed by atoms with van der Waals surface area (Å²) >= 11 is 0. The van der Waals surface area contributed by atoms with Crippen LogP contribution >= 0.6 is 0 Å². The third-order valence-corrected chi connectivity index (χ3v) is 4.57. The highest BCUT2D eigenvalue weighted by atomic mass is 19.1. The zero-order valence-electron chi connectivity index (χ0n) is 15.2. The van der Waals surface area contributed by atoms with Gasteiger partial charge in [0.05, 0.1) is 11.4 Å². The SMILES string of the molecule is CC(Nc1cc(-c2[nH]c(=O)[nH]c2-c2ccc(F)cc2)ccn1)c1ccccc1. The monoisotopic (exact) mass is 374 g/mol.